The predicted molar refractivity (Wildman–Crippen MR) is 71.2 cm³/mol. The van der Waals surface area contributed by atoms with Gasteiger partial charge in [0.25, 0.3) is 0 Å². The lowest BCUT2D eigenvalue weighted by atomic mass is 9.94. The second-order valence-corrected chi connectivity index (χ2v) is 5.02. The van der Waals surface area contributed by atoms with E-state index in [0.717, 1.165) is 11.3 Å². The smallest absolute Gasteiger partial charge is 0.405 e. The first kappa shape index (κ1) is 15.6. The number of alkyl halides is 3. The minimum absolute atomic E-state index is 0.0784. The van der Waals surface area contributed by atoms with E-state index >= 15 is 0 Å². The van der Waals surface area contributed by atoms with Gasteiger partial charge in [-0.2, -0.15) is 13.2 Å². The fourth-order valence-electron chi connectivity index (χ4n) is 2.26. The summed E-state index contributed by atoms with van der Waals surface area (Å²) in [6.07, 6.45) is -4.39. The molecule has 0 spiro atoms. The molecule has 0 aliphatic carbocycles. The monoisotopic (exact) mass is 302 g/mol. The van der Waals surface area contributed by atoms with Gasteiger partial charge in [0.2, 0.25) is 5.91 Å². The quantitative estimate of drug-likeness (QED) is 0.872. The number of carbonyl (C=O) groups is 1. The summed E-state index contributed by atoms with van der Waals surface area (Å²) in [5.74, 6) is 0.223. The molecule has 0 radical (unpaired) electrons. The minimum atomic E-state index is -4.39. The zero-order chi connectivity index (χ0) is 15.5. The number of fused-ring (bicyclic) bond motifs is 1. The summed E-state index contributed by atoms with van der Waals surface area (Å²) >= 11 is 0. The van der Waals surface area contributed by atoms with Crippen molar-refractivity contribution in [3.8, 4) is 5.75 Å². The van der Waals surface area contributed by atoms with E-state index in [-0.39, 0.29) is 18.5 Å². The van der Waals surface area contributed by atoms with Crippen LogP contribution in [0.5, 0.6) is 5.75 Å². The second kappa shape index (κ2) is 6.34. The summed E-state index contributed by atoms with van der Waals surface area (Å²) in [7, 11) is 0. The zero-order valence-corrected chi connectivity index (χ0v) is 11.5. The maximum Gasteiger partial charge on any atom is 0.405 e. The Balaban J connectivity index is 1.81. The number of hydrogen-bond donors (Lipinski definition) is 2. The lowest BCUT2D eigenvalue weighted by molar-refractivity contribution is -0.137. The number of benzene rings is 1. The van der Waals surface area contributed by atoms with E-state index in [4.69, 9.17) is 4.74 Å². The van der Waals surface area contributed by atoms with Crippen LogP contribution in [0.2, 0.25) is 0 Å². The molecule has 0 saturated heterocycles. The molecule has 4 nitrogen and oxygen atoms in total. The maximum absolute atomic E-state index is 12.0. The molecule has 0 unspecified atom stereocenters. The van der Waals surface area contributed by atoms with Crippen LogP contribution in [0, 0.1) is 0 Å². The average Bonchev–Trinajstić information content (AvgIpc) is 2.85. The first-order valence-corrected chi connectivity index (χ1v) is 6.65. The van der Waals surface area contributed by atoms with Gasteiger partial charge in [0.15, 0.2) is 0 Å². The van der Waals surface area contributed by atoms with Gasteiger partial charge in [0.1, 0.15) is 12.3 Å². The summed E-state index contributed by atoms with van der Waals surface area (Å²) in [6.45, 7) is 0.915. The molecule has 7 heteroatoms. The highest BCUT2D eigenvalue weighted by Crippen LogP contribution is 2.35. The molecule has 0 aromatic heterocycles. The number of amides is 1. The molecule has 1 aromatic carbocycles. The van der Waals surface area contributed by atoms with Crippen LogP contribution < -0.4 is 15.4 Å². The Kier molecular flexibility index (Phi) is 4.72. The van der Waals surface area contributed by atoms with Crippen molar-refractivity contribution in [2.45, 2.75) is 25.1 Å². The summed E-state index contributed by atoms with van der Waals surface area (Å²) in [5, 5.41) is 4.77. The normalized spacial score (nSPS) is 18.8. The van der Waals surface area contributed by atoms with Gasteiger partial charge in [-0.3, -0.25) is 4.79 Å². The molecular formula is C14H17F3N2O2. The van der Waals surface area contributed by atoms with Crippen molar-refractivity contribution in [2.24, 2.45) is 0 Å². The maximum atomic E-state index is 12.0. The summed E-state index contributed by atoms with van der Waals surface area (Å²) in [4.78, 5) is 11.3. The topological polar surface area (TPSA) is 50.4 Å². The molecule has 0 fully saturated rings. The summed E-state index contributed by atoms with van der Waals surface area (Å²) in [6, 6.07) is 7.53. The van der Waals surface area contributed by atoms with Gasteiger partial charge in [0.05, 0.1) is 13.2 Å². The number of halogens is 3. The van der Waals surface area contributed by atoms with E-state index in [2.05, 4.69) is 5.32 Å². The molecule has 1 heterocycles. The van der Waals surface area contributed by atoms with E-state index < -0.39 is 18.6 Å². The Hall–Kier alpha value is -1.76. The molecule has 0 bridgehead atoms. The van der Waals surface area contributed by atoms with Crippen LogP contribution in [-0.2, 0) is 4.79 Å². The summed E-state index contributed by atoms with van der Waals surface area (Å²) in [5.41, 5.74) is 1.05. The first-order valence-electron chi connectivity index (χ1n) is 6.65. The molecule has 0 saturated carbocycles. The van der Waals surface area contributed by atoms with E-state index in [1.165, 1.54) is 0 Å². The van der Waals surface area contributed by atoms with Crippen LogP contribution in [0.25, 0.3) is 0 Å². The highest BCUT2D eigenvalue weighted by molar-refractivity contribution is 5.78. The van der Waals surface area contributed by atoms with Crippen LogP contribution in [-0.4, -0.2) is 37.8 Å². The van der Waals surface area contributed by atoms with Crippen LogP contribution in [0.1, 0.15) is 18.4 Å². The van der Waals surface area contributed by atoms with Gasteiger partial charge in [-0.05, 0) is 13.0 Å². The van der Waals surface area contributed by atoms with Crippen LogP contribution in [0.3, 0.4) is 0 Å². The number of hydrogen-bond acceptors (Lipinski definition) is 3. The largest absolute Gasteiger partial charge is 0.493 e. The molecule has 1 amide bonds. The van der Waals surface area contributed by atoms with Crippen molar-refractivity contribution < 1.29 is 22.7 Å². The Labute approximate surface area is 120 Å². The molecular weight excluding hydrogens is 285 g/mol. The minimum Gasteiger partial charge on any atom is -0.493 e. The molecule has 1 aromatic rings. The standard InChI is InChI=1S/C14H17F3N2O2/c1-9(18-6-13(20)19-8-14(15,16)17)11-7-21-12-5-3-2-4-10(11)12/h2-5,9,11,18H,6-8H2,1H3,(H,19,20)/t9-,11+/m0/s1. The second-order valence-electron chi connectivity index (χ2n) is 5.02. The van der Waals surface area contributed by atoms with Crippen molar-refractivity contribution in [1.82, 2.24) is 10.6 Å². The molecule has 116 valence electrons. The van der Waals surface area contributed by atoms with Gasteiger partial charge in [-0.1, -0.05) is 18.2 Å². The van der Waals surface area contributed by atoms with Crippen LogP contribution in [0.15, 0.2) is 24.3 Å². The number of carbonyl (C=O) groups excluding carboxylic acids is 1. The Morgan fingerprint density at radius 3 is 2.86 bits per heavy atom. The van der Waals surface area contributed by atoms with Gasteiger partial charge >= 0.3 is 6.18 Å². The number of nitrogens with one attached hydrogen (secondary N) is 2. The third-order valence-electron chi connectivity index (χ3n) is 3.41. The molecule has 21 heavy (non-hydrogen) atoms. The highest BCUT2D eigenvalue weighted by atomic mass is 19.4. The number of ether oxygens (including phenoxy) is 1. The van der Waals surface area contributed by atoms with Gasteiger partial charge in [0, 0.05) is 17.5 Å². The zero-order valence-electron chi connectivity index (χ0n) is 11.5. The highest BCUT2D eigenvalue weighted by Gasteiger charge is 2.30. The fraction of sp³-hybridized carbons (Fsp3) is 0.500. The van der Waals surface area contributed by atoms with Gasteiger partial charge in [-0.15, -0.1) is 0 Å². The third kappa shape index (κ3) is 4.35. The Morgan fingerprint density at radius 1 is 1.43 bits per heavy atom. The van der Waals surface area contributed by atoms with E-state index in [1.54, 1.807) is 0 Å². The SMILES string of the molecule is C[C@H](NCC(=O)NCC(F)(F)F)[C@H]1COc2ccccc21. The number of rotatable bonds is 5. The van der Waals surface area contributed by atoms with Gasteiger partial charge < -0.3 is 15.4 Å². The Bertz CT molecular complexity index is 505. The lowest BCUT2D eigenvalue weighted by Crippen LogP contribution is -2.43. The van der Waals surface area contributed by atoms with Crippen LogP contribution >= 0.6 is 0 Å². The van der Waals surface area contributed by atoms with Crippen molar-refractivity contribution in [2.75, 3.05) is 19.7 Å². The molecule has 2 N–H and O–H groups in total. The van der Waals surface area contributed by atoms with E-state index in [1.807, 2.05) is 36.5 Å². The Morgan fingerprint density at radius 2 is 2.14 bits per heavy atom. The van der Waals surface area contributed by atoms with E-state index in [9.17, 15) is 18.0 Å². The molecule has 1 aliphatic heterocycles. The first-order chi connectivity index (χ1) is 9.87. The van der Waals surface area contributed by atoms with Crippen molar-refractivity contribution in [3.05, 3.63) is 29.8 Å². The van der Waals surface area contributed by atoms with Crippen molar-refractivity contribution in [1.29, 1.82) is 0 Å². The predicted octanol–water partition coefficient (Wildman–Crippen LogP) is 1.82. The average molecular weight is 302 g/mol. The van der Waals surface area contributed by atoms with Crippen molar-refractivity contribution >= 4 is 5.91 Å². The summed E-state index contributed by atoms with van der Waals surface area (Å²) < 4.78 is 41.5. The van der Waals surface area contributed by atoms with Crippen molar-refractivity contribution in [3.63, 3.8) is 0 Å². The molecule has 2 atom stereocenters. The van der Waals surface area contributed by atoms with Gasteiger partial charge in [-0.25, -0.2) is 0 Å². The number of para-hydroxylation sites is 1. The molecule has 2 rings (SSSR count). The molecule has 1 aliphatic rings. The van der Waals surface area contributed by atoms with Crippen LogP contribution in [0.4, 0.5) is 13.2 Å². The fourth-order valence-corrected chi connectivity index (χ4v) is 2.26. The van der Waals surface area contributed by atoms with E-state index in [0.29, 0.717) is 6.61 Å². The third-order valence-corrected chi connectivity index (χ3v) is 3.41. The lowest BCUT2D eigenvalue weighted by Gasteiger charge is -2.19.